The van der Waals surface area contributed by atoms with E-state index in [0.717, 1.165) is 0 Å². The van der Waals surface area contributed by atoms with Gasteiger partial charge in [0.1, 0.15) is 18.1 Å². The molecule has 0 radical (unpaired) electrons. The van der Waals surface area contributed by atoms with Crippen molar-refractivity contribution in [3.05, 3.63) is 106 Å². The van der Waals surface area contributed by atoms with Crippen LogP contribution in [0.15, 0.2) is 83.1 Å². The van der Waals surface area contributed by atoms with Crippen LogP contribution in [0.25, 0.3) is 6.08 Å². The highest BCUT2D eigenvalue weighted by Crippen LogP contribution is 2.16. The number of non-ortho nitro benzene ring substituents is 1. The van der Waals surface area contributed by atoms with E-state index in [1.54, 1.807) is 48.5 Å². The summed E-state index contributed by atoms with van der Waals surface area (Å²) in [6, 6.07) is 17.3. The summed E-state index contributed by atoms with van der Waals surface area (Å²) in [5, 5.41) is 13.5. The fourth-order valence-electron chi connectivity index (χ4n) is 2.43. The third-order valence-electron chi connectivity index (χ3n) is 3.82. The number of benzene rings is 2. The second kappa shape index (κ2) is 9.14. The number of carbonyl (C=O) groups is 2. The number of nitrogens with zero attached hydrogens (tertiary/aromatic N) is 1. The lowest BCUT2D eigenvalue weighted by Gasteiger charge is -2.10. The van der Waals surface area contributed by atoms with Gasteiger partial charge in [0.15, 0.2) is 0 Å². The number of amides is 1. The number of nitro groups is 1. The van der Waals surface area contributed by atoms with Gasteiger partial charge in [0.05, 0.1) is 11.2 Å². The minimum Gasteiger partial charge on any atom is -0.466 e. The lowest BCUT2D eigenvalue weighted by molar-refractivity contribution is -0.384. The van der Waals surface area contributed by atoms with E-state index < -0.39 is 16.8 Å². The topological polar surface area (TPSA) is 112 Å². The molecule has 1 amide bonds. The second-order valence-electron chi connectivity index (χ2n) is 5.89. The van der Waals surface area contributed by atoms with Crippen molar-refractivity contribution in [3.8, 4) is 0 Å². The first-order chi connectivity index (χ1) is 14.0. The highest BCUT2D eigenvalue weighted by Gasteiger charge is 2.17. The molecule has 1 N–H and O–H groups in total. The summed E-state index contributed by atoms with van der Waals surface area (Å²) in [6.07, 6.45) is 2.76. The van der Waals surface area contributed by atoms with Crippen LogP contribution in [-0.2, 0) is 16.1 Å². The Bertz CT molecular complexity index is 1040. The van der Waals surface area contributed by atoms with Crippen molar-refractivity contribution in [1.29, 1.82) is 0 Å². The Balaban J connectivity index is 1.85. The molecular weight excluding hydrogens is 376 g/mol. The van der Waals surface area contributed by atoms with Crippen molar-refractivity contribution in [2.24, 2.45) is 0 Å². The Morgan fingerprint density at radius 2 is 1.86 bits per heavy atom. The van der Waals surface area contributed by atoms with Gasteiger partial charge >= 0.3 is 5.97 Å². The van der Waals surface area contributed by atoms with E-state index in [-0.39, 0.29) is 18.0 Å². The van der Waals surface area contributed by atoms with Gasteiger partial charge in [-0.3, -0.25) is 14.9 Å². The average molecular weight is 392 g/mol. The number of furan rings is 1. The molecule has 29 heavy (non-hydrogen) atoms. The van der Waals surface area contributed by atoms with Crippen molar-refractivity contribution in [3.63, 3.8) is 0 Å². The van der Waals surface area contributed by atoms with Crippen LogP contribution in [0.1, 0.15) is 21.7 Å². The van der Waals surface area contributed by atoms with Gasteiger partial charge in [-0.05, 0) is 35.9 Å². The van der Waals surface area contributed by atoms with Crippen LogP contribution < -0.4 is 5.32 Å². The lowest BCUT2D eigenvalue weighted by atomic mass is 10.1. The monoisotopic (exact) mass is 392 g/mol. The Labute approximate surface area is 165 Å². The number of rotatable bonds is 7. The maximum Gasteiger partial charge on any atom is 0.355 e. The molecule has 3 rings (SSSR count). The predicted octanol–water partition coefficient (Wildman–Crippen LogP) is 3.70. The van der Waals surface area contributed by atoms with Crippen molar-refractivity contribution in [2.45, 2.75) is 6.61 Å². The number of esters is 1. The van der Waals surface area contributed by atoms with Gasteiger partial charge in [0, 0.05) is 17.7 Å². The fourth-order valence-corrected chi connectivity index (χ4v) is 2.43. The Hall–Kier alpha value is -4.20. The quantitative estimate of drug-likeness (QED) is 0.284. The molecule has 0 aliphatic rings. The zero-order valence-corrected chi connectivity index (χ0v) is 15.1. The molecular formula is C21H16N2O6. The first kappa shape index (κ1) is 19.6. The van der Waals surface area contributed by atoms with E-state index in [9.17, 15) is 19.7 Å². The highest BCUT2D eigenvalue weighted by atomic mass is 16.6. The summed E-state index contributed by atoms with van der Waals surface area (Å²) in [5.74, 6) is -0.892. The average Bonchev–Trinajstić information content (AvgIpc) is 3.26. The molecule has 0 atom stereocenters. The van der Waals surface area contributed by atoms with Gasteiger partial charge < -0.3 is 14.5 Å². The molecule has 146 valence electrons. The van der Waals surface area contributed by atoms with Crippen molar-refractivity contribution in [2.75, 3.05) is 0 Å². The number of hydrogen-bond donors (Lipinski definition) is 1. The number of nitro benzene ring substituents is 1. The van der Waals surface area contributed by atoms with Gasteiger partial charge in [-0.15, -0.1) is 0 Å². The minimum atomic E-state index is -0.808. The van der Waals surface area contributed by atoms with Crippen molar-refractivity contribution < 1.29 is 23.7 Å². The van der Waals surface area contributed by atoms with Gasteiger partial charge in [-0.2, -0.15) is 0 Å². The molecule has 1 heterocycles. The summed E-state index contributed by atoms with van der Waals surface area (Å²) in [4.78, 5) is 35.5. The molecule has 8 heteroatoms. The zero-order valence-electron chi connectivity index (χ0n) is 15.1. The highest BCUT2D eigenvalue weighted by molar-refractivity contribution is 6.03. The van der Waals surface area contributed by atoms with Crippen LogP contribution in [-0.4, -0.2) is 16.8 Å². The first-order valence-corrected chi connectivity index (χ1v) is 8.55. The largest absolute Gasteiger partial charge is 0.466 e. The molecule has 0 bridgehead atoms. The summed E-state index contributed by atoms with van der Waals surface area (Å²) >= 11 is 0. The van der Waals surface area contributed by atoms with Crippen molar-refractivity contribution >= 4 is 23.6 Å². The van der Waals surface area contributed by atoms with Crippen LogP contribution in [0.5, 0.6) is 0 Å². The number of nitrogens with one attached hydrogen (secondary N) is 1. The van der Waals surface area contributed by atoms with Gasteiger partial charge in [-0.25, -0.2) is 4.79 Å². The van der Waals surface area contributed by atoms with E-state index in [1.807, 2.05) is 0 Å². The predicted molar refractivity (Wildman–Crippen MR) is 103 cm³/mol. The van der Waals surface area contributed by atoms with Crippen molar-refractivity contribution in [1.82, 2.24) is 5.32 Å². The van der Waals surface area contributed by atoms with Gasteiger partial charge in [0.2, 0.25) is 0 Å². The summed E-state index contributed by atoms with van der Waals surface area (Å²) < 4.78 is 10.3. The molecule has 0 saturated carbocycles. The Morgan fingerprint density at radius 1 is 1.07 bits per heavy atom. The molecule has 0 spiro atoms. The molecule has 0 unspecified atom stereocenters. The third-order valence-corrected chi connectivity index (χ3v) is 3.82. The SMILES string of the molecule is O=C(OCc1ccco1)/C(=C/c1cccc([N+](=O)[O-])c1)NC(=O)c1ccccc1. The van der Waals surface area contributed by atoms with Crippen LogP contribution in [0, 0.1) is 10.1 Å². The maximum atomic E-state index is 12.5. The molecule has 8 nitrogen and oxygen atoms in total. The number of carbonyl (C=O) groups excluding carboxylic acids is 2. The normalized spacial score (nSPS) is 11.0. The molecule has 2 aromatic carbocycles. The molecule has 0 fully saturated rings. The van der Waals surface area contributed by atoms with E-state index in [1.165, 1.54) is 30.5 Å². The van der Waals surface area contributed by atoms with Crippen LogP contribution in [0.3, 0.4) is 0 Å². The fraction of sp³-hybridized carbons (Fsp3) is 0.0476. The zero-order chi connectivity index (χ0) is 20.6. The smallest absolute Gasteiger partial charge is 0.355 e. The van der Waals surface area contributed by atoms with E-state index in [0.29, 0.717) is 16.9 Å². The maximum absolute atomic E-state index is 12.5. The molecule has 3 aromatic rings. The summed E-state index contributed by atoms with van der Waals surface area (Å²) in [6.45, 7) is -0.126. The lowest BCUT2D eigenvalue weighted by Crippen LogP contribution is -2.28. The van der Waals surface area contributed by atoms with E-state index >= 15 is 0 Å². The molecule has 0 aliphatic carbocycles. The summed E-state index contributed by atoms with van der Waals surface area (Å²) in [7, 11) is 0. The van der Waals surface area contributed by atoms with Gasteiger partial charge in [-0.1, -0.05) is 30.3 Å². The summed E-state index contributed by atoms with van der Waals surface area (Å²) in [5.41, 5.74) is 0.399. The Morgan fingerprint density at radius 3 is 2.55 bits per heavy atom. The van der Waals surface area contributed by atoms with Crippen LogP contribution in [0.4, 0.5) is 5.69 Å². The minimum absolute atomic E-state index is 0.126. The first-order valence-electron chi connectivity index (χ1n) is 8.55. The number of ether oxygens (including phenoxy) is 1. The van der Waals surface area contributed by atoms with Crippen LogP contribution >= 0.6 is 0 Å². The molecule has 0 aliphatic heterocycles. The Kier molecular flexibility index (Phi) is 6.16. The molecule has 1 aromatic heterocycles. The van der Waals surface area contributed by atoms with Gasteiger partial charge in [0.25, 0.3) is 11.6 Å². The third kappa shape index (κ3) is 5.39. The second-order valence-corrected chi connectivity index (χ2v) is 5.89. The molecule has 0 saturated heterocycles. The van der Waals surface area contributed by atoms with Crippen LogP contribution in [0.2, 0.25) is 0 Å². The van der Waals surface area contributed by atoms with E-state index in [4.69, 9.17) is 9.15 Å². The number of hydrogen-bond acceptors (Lipinski definition) is 6. The van der Waals surface area contributed by atoms with E-state index in [2.05, 4.69) is 5.32 Å². The standard InChI is InChI=1S/C21H16N2O6/c24-20(16-7-2-1-3-8-16)22-19(21(25)29-14-18-10-5-11-28-18)13-15-6-4-9-17(12-15)23(26)27/h1-13H,14H2,(H,22,24)/b19-13-.